The maximum absolute atomic E-state index is 13.3. The number of anilines is 1. The molecule has 3 N–H and O–H groups in total. The summed E-state index contributed by atoms with van der Waals surface area (Å²) in [7, 11) is 0. The first-order chi connectivity index (χ1) is 9.13. The highest BCUT2D eigenvalue weighted by atomic mass is 19.1. The molecule has 0 aliphatic heterocycles. The number of hydrogen-bond acceptors (Lipinski definition) is 2. The highest BCUT2D eigenvalue weighted by molar-refractivity contribution is 5.76. The second-order valence-corrected chi connectivity index (χ2v) is 5.12. The standard InChI is InChI=1S/C14H15F2N3/c15-10-5-9(6-11(16)7-10)13-12(18-19-14(13)17)4-8-2-1-3-8/h5-8H,1-4H2,(H3,17,18,19). The summed E-state index contributed by atoms with van der Waals surface area (Å²) in [4.78, 5) is 0. The molecule has 0 radical (unpaired) electrons. The van der Waals surface area contributed by atoms with Gasteiger partial charge in [-0.25, -0.2) is 8.78 Å². The number of hydrogen-bond donors (Lipinski definition) is 2. The zero-order chi connectivity index (χ0) is 13.4. The molecule has 3 nitrogen and oxygen atoms in total. The highest BCUT2D eigenvalue weighted by Gasteiger charge is 2.22. The second-order valence-electron chi connectivity index (χ2n) is 5.12. The number of nitrogen functional groups attached to an aromatic ring is 1. The predicted octanol–water partition coefficient (Wildman–Crippen LogP) is 3.28. The monoisotopic (exact) mass is 263 g/mol. The van der Waals surface area contributed by atoms with Gasteiger partial charge in [0.1, 0.15) is 11.6 Å². The molecule has 1 aromatic carbocycles. The number of nitrogens with zero attached hydrogens (tertiary/aromatic N) is 1. The summed E-state index contributed by atoms with van der Waals surface area (Å²) < 4.78 is 26.6. The minimum Gasteiger partial charge on any atom is -0.382 e. The van der Waals surface area contributed by atoms with Crippen molar-refractivity contribution in [1.82, 2.24) is 10.2 Å². The van der Waals surface area contributed by atoms with E-state index < -0.39 is 11.6 Å². The van der Waals surface area contributed by atoms with Gasteiger partial charge in [-0.05, 0) is 30.0 Å². The molecule has 0 saturated heterocycles. The molecule has 2 aromatic rings. The van der Waals surface area contributed by atoms with Crippen LogP contribution in [0.4, 0.5) is 14.6 Å². The zero-order valence-corrected chi connectivity index (χ0v) is 10.4. The summed E-state index contributed by atoms with van der Waals surface area (Å²) in [6.07, 6.45) is 4.46. The fraction of sp³-hybridized carbons (Fsp3) is 0.357. The van der Waals surface area contributed by atoms with Crippen LogP contribution in [-0.2, 0) is 6.42 Å². The van der Waals surface area contributed by atoms with E-state index in [9.17, 15) is 8.78 Å². The fourth-order valence-electron chi connectivity index (χ4n) is 2.55. The molecule has 0 bridgehead atoms. The Balaban J connectivity index is 2.00. The molecule has 1 heterocycles. The molecule has 1 saturated carbocycles. The summed E-state index contributed by atoms with van der Waals surface area (Å²) in [5, 5.41) is 6.86. The Bertz CT molecular complexity index is 582. The molecule has 19 heavy (non-hydrogen) atoms. The maximum Gasteiger partial charge on any atom is 0.153 e. The predicted molar refractivity (Wildman–Crippen MR) is 69.4 cm³/mol. The lowest BCUT2D eigenvalue weighted by atomic mass is 9.81. The molecule has 100 valence electrons. The third-order valence-electron chi connectivity index (χ3n) is 3.74. The first-order valence-electron chi connectivity index (χ1n) is 6.42. The van der Waals surface area contributed by atoms with Crippen LogP contribution in [0.3, 0.4) is 0 Å². The normalized spacial score (nSPS) is 15.5. The van der Waals surface area contributed by atoms with Gasteiger partial charge in [-0.1, -0.05) is 19.3 Å². The highest BCUT2D eigenvalue weighted by Crippen LogP contribution is 2.35. The Morgan fingerprint density at radius 1 is 1.21 bits per heavy atom. The molecule has 1 aliphatic rings. The molecule has 1 fully saturated rings. The van der Waals surface area contributed by atoms with E-state index in [1.165, 1.54) is 31.4 Å². The molecule has 0 spiro atoms. The van der Waals surface area contributed by atoms with Crippen LogP contribution in [0, 0.1) is 17.6 Å². The Morgan fingerprint density at radius 3 is 2.47 bits per heavy atom. The van der Waals surface area contributed by atoms with Gasteiger partial charge in [-0.3, -0.25) is 5.10 Å². The van der Waals surface area contributed by atoms with Gasteiger partial charge in [0.15, 0.2) is 5.82 Å². The van der Waals surface area contributed by atoms with Crippen molar-refractivity contribution >= 4 is 5.82 Å². The SMILES string of the molecule is Nc1n[nH]c(CC2CCC2)c1-c1cc(F)cc(F)c1. The summed E-state index contributed by atoms with van der Waals surface area (Å²) >= 11 is 0. The average Bonchev–Trinajstić information content (AvgIpc) is 2.63. The lowest BCUT2D eigenvalue weighted by molar-refractivity contribution is 0.312. The molecule has 0 unspecified atom stereocenters. The summed E-state index contributed by atoms with van der Waals surface area (Å²) in [6, 6.07) is 3.43. The van der Waals surface area contributed by atoms with Gasteiger partial charge < -0.3 is 5.73 Å². The largest absolute Gasteiger partial charge is 0.382 e. The summed E-state index contributed by atoms with van der Waals surface area (Å²) in [5.74, 6) is -0.299. The Morgan fingerprint density at radius 2 is 1.89 bits per heavy atom. The number of nitrogens with one attached hydrogen (secondary N) is 1. The molecule has 3 rings (SSSR count). The van der Waals surface area contributed by atoms with Crippen LogP contribution in [0.25, 0.3) is 11.1 Å². The third kappa shape index (κ3) is 2.32. The molecule has 5 heteroatoms. The van der Waals surface area contributed by atoms with Crippen LogP contribution in [0.5, 0.6) is 0 Å². The van der Waals surface area contributed by atoms with E-state index in [0.717, 1.165) is 18.2 Å². The van der Waals surface area contributed by atoms with Gasteiger partial charge in [0.05, 0.1) is 0 Å². The minimum atomic E-state index is -0.606. The van der Waals surface area contributed by atoms with Crippen LogP contribution in [0.1, 0.15) is 25.0 Å². The van der Waals surface area contributed by atoms with Gasteiger partial charge in [0.25, 0.3) is 0 Å². The first-order valence-corrected chi connectivity index (χ1v) is 6.42. The van der Waals surface area contributed by atoms with Crippen LogP contribution < -0.4 is 5.73 Å². The Hall–Kier alpha value is -1.91. The van der Waals surface area contributed by atoms with Crippen molar-refractivity contribution in [2.24, 2.45) is 5.92 Å². The topological polar surface area (TPSA) is 54.7 Å². The maximum atomic E-state index is 13.3. The van der Waals surface area contributed by atoms with Crippen molar-refractivity contribution in [2.45, 2.75) is 25.7 Å². The lowest BCUT2D eigenvalue weighted by Crippen LogP contribution is -2.14. The van der Waals surface area contributed by atoms with Crippen LogP contribution in [0.2, 0.25) is 0 Å². The number of H-pyrrole nitrogens is 1. The molecular formula is C14H15F2N3. The van der Waals surface area contributed by atoms with E-state index in [1.54, 1.807) is 0 Å². The van der Waals surface area contributed by atoms with Crippen molar-refractivity contribution in [2.75, 3.05) is 5.73 Å². The number of benzene rings is 1. The Labute approximate surface area is 109 Å². The van der Waals surface area contributed by atoms with Crippen LogP contribution in [0.15, 0.2) is 18.2 Å². The zero-order valence-electron chi connectivity index (χ0n) is 10.4. The average molecular weight is 263 g/mol. The van der Waals surface area contributed by atoms with Gasteiger partial charge in [0.2, 0.25) is 0 Å². The quantitative estimate of drug-likeness (QED) is 0.892. The van der Waals surface area contributed by atoms with E-state index >= 15 is 0 Å². The second kappa shape index (κ2) is 4.64. The number of halogens is 2. The van der Waals surface area contributed by atoms with Gasteiger partial charge >= 0.3 is 0 Å². The number of rotatable bonds is 3. The van der Waals surface area contributed by atoms with Gasteiger partial charge in [-0.15, -0.1) is 0 Å². The summed E-state index contributed by atoms with van der Waals surface area (Å²) in [6.45, 7) is 0. The molecule has 0 atom stereocenters. The molecule has 1 aliphatic carbocycles. The first kappa shape index (κ1) is 12.1. The van der Waals surface area contributed by atoms with Crippen LogP contribution >= 0.6 is 0 Å². The van der Waals surface area contributed by atoms with E-state index in [-0.39, 0.29) is 0 Å². The van der Waals surface area contributed by atoms with E-state index in [4.69, 9.17) is 5.73 Å². The van der Waals surface area contributed by atoms with Crippen molar-refractivity contribution < 1.29 is 8.78 Å². The minimum absolute atomic E-state index is 0.291. The smallest absolute Gasteiger partial charge is 0.153 e. The van der Waals surface area contributed by atoms with Gasteiger partial charge in [-0.2, -0.15) is 5.10 Å². The van der Waals surface area contributed by atoms with Crippen molar-refractivity contribution in [3.05, 3.63) is 35.5 Å². The molecule has 1 aromatic heterocycles. The van der Waals surface area contributed by atoms with E-state index in [0.29, 0.717) is 22.9 Å². The fourth-order valence-corrected chi connectivity index (χ4v) is 2.55. The van der Waals surface area contributed by atoms with Crippen molar-refractivity contribution in [3.63, 3.8) is 0 Å². The van der Waals surface area contributed by atoms with Crippen molar-refractivity contribution in [3.8, 4) is 11.1 Å². The van der Waals surface area contributed by atoms with E-state index in [2.05, 4.69) is 10.2 Å². The molecular weight excluding hydrogens is 248 g/mol. The van der Waals surface area contributed by atoms with Crippen LogP contribution in [-0.4, -0.2) is 10.2 Å². The lowest BCUT2D eigenvalue weighted by Gasteiger charge is -2.25. The third-order valence-corrected chi connectivity index (χ3v) is 3.74. The van der Waals surface area contributed by atoms with E-state index in [1.807, 2.05) is 0 Å². The number of nitrogens with two attached hydrogens (primary N) is 1. The summed E-state index contributed by atoms with van der Waals surface area (Å²) in [5.41, 5.74) is 7.76. The number of aromatic nitrogens is 2. The Kier molecular flexibility index (Phi) is 2.97. The molecule has 0 amide bonds. The van der Waals surface area contributed by atoms with Crippen molar-refractivity contribution in [1.29, 1.82) is 0 Å². The van der Waals surface area contributed by atoms with Gasteiger partial charge in [0, 0.05) is 17.3 Å². The number of aromatic amines is 1.